The standard InChI is InChI=1S/C24H21F3N6O2/c1-32-8-7-23(35,22(32)34)6-5-14-3-2-4-15(9-14)17-10-18(33-11-16(12-33)24(25,26)27)19-20(31-17)21(28)30-13-29-19/h2-4,9-10,13,16,35H,7-8,11-12H2,1H3,(H2,28,29,30). The highest BCUT2D eigenvalue weighted by atomic mass is 19.4. The minimum absolute atomic E-state index is 0.119. The maximum atomic E-state index is 13.1. The molecule has 0 bridgehead atoms. The fourth-order valence-corrected chi connectivity index (χ4v) is 4.21. The number of hydrogen-bond acceptors (Lipinski definition) is 7. The van der Waals surface area contributed by atoms with Crippen molar-refractivity contribution < 1.29 is 23.1 Å². The third-order valence-corrected chi connectivity index (χ3v) is 6.37. The molecule has 1 amide bonds. The number of aliphatic hydroxyl groups is 1. The summed E-state index contributed by atoms with van der Waals surface area (Å²) >= 11 is 0. The van der Waals surface area contributed by atoms with Crippen molar-refractivity contribution in [2.24, 2.45) is 5.92 Å². The smallest absolute Gasteiger partial charge is 0.382 e. The molecule has 11 heteroatoms. The van der Waals surface area contributed by atoms with Gasteiger partial charge in [0, 0.05) is 44.2 Å². The van der Waals surface area contributed by atoms with Crippen molar-refractivity contribution in [1.29, 1.82) is 0 Å². The average molecular weight is 482 g/mol. The number of carbonyl (C=O) groups is 1. The third-order valence-electron chi connectivity index (χ3n) is 6.37. The van der Waals surface area contributed by atoms with Gasteiger partial charge in [-0.25, -0.2) is 15.0 Å². The van der Waals surface area contributed by atoms with Crippen LogP contribution in [-0.2, 0) is 4.79 Å². The fraction of sp³-hybridized carbons (Fsp3) is 0.333. The second kappa shape index (κ2) is 8.09. The average Bonchev–Trinajstić information content (AvgIpc) is 3.04. The number of rotatable bonds is 2. The third kappa shape index (κ3) is 4.10. The van der Waals surface area contributed by atoms with Crippen LogP contribution in [0, 0.1) is 17.8 Å². The van der Waals surface area contributed by atoms with Gasteiger partial charge in [0.15, 0.2) is 5.82 Å². The fourth-order valence-electron chi connectivity index (χ4n) is 4.21. The van der Waals surface area contributed by atoms with Gasteiger partial charge in [0.2, 0.25) is 5.60 Å². The van der Waals surface area contributed by atoms with Crippen molar-refractivity contribution in [1.82, 2.24) is 19.9 Å². The maximum absolute atomic E-state index is 13.1. The molecule has 2 aliphatic rings. The molecular weight excluding hydrogens is 461 g/mol. The molecule has 3 aromatic rings. The highest BCUT2D eigenvalue weighted by molar-refractivity contribution is 5.96. The number of pyridine rings is 1. The summed E-state index contributed by atoms with van der Waals surface area (Å²) in [7, 11) is 1.61. The van der Waals surface area contributed by atoms with Crippen molar-refractivity contribution in [2.45, 2.75) is 18.2 Å². The highest BCUT2D eigenvalue weighted by Gasteiger charge is 2.47. The van der Waals surface area contributed by atoms with E-state index < -0.39 is 23.6 Å². The van der Waals surface area contributed by atoms with Crippen LogP contribution in [0.15, 0.2) is 36.7 Å². The van der Waals surface area contributed by atoms with E-state index in [1.807, 2.05) is 0 Å². The first kappa shape index (κ1) is 22.9. The Hall–Kier alpha value is -3.91. The first-order chi connectivity index (χ1) is 16.5. The van der Waals surface area contributed by atoms with Crippen LogP contribution in [0.4, 0.5) is 24.7 Å². The topological polar surface area (TPSA) is 108 Å². The maximum Gasteiger partial charge on any atom is 0.395 e. The molecule has 0 saturated carbocycles. The van der Waals surface area contributed by atoms with Gasteiger partial charge in [0.1, 0.15) is 17.4 Å². The zero-order chi connectivity index (χ0) is 25.0. The van der Waals surface area contributed by atoms with Crippen LogP contribution >= 0.6 is 0 Å². The van der Waals surface area contributed by atoms with Crippen molar-refractivity contribution in [3.63, 3.8) is 0 Å². The number of likely N-dealkylation sites (N-methyl/N-ethyl adjacent to an activating group) is 1. The number of hydrogen-bond donors (Lipinski definition) is 2. The lowest BCUT2D eigenvalue weighted by Gasteiger charge is -2.42. The number of fused-ring (bicyclic) bond motifs is 1. The summed E-state index contributed by atoms with van der Waals surface area (Å²) < 4.78 is 39.2. The van der Waals surface area contributed by atoms with Crippen molar-refractivity contribution in [3.05, 3.63) is 42.2 Å². The summed E-state index contributed by atoms with van der Waals surface area (Å²) in [5.74, 6) is 3.81. The molecule has 1 unspecified atom stereocenters. The van der Waals surface area contributed by atoms with E-state index in [1.54, 1.807) is 42.3 Å². The molecule has 0 aliphatic carbocycles. The van der Waals surface area contributed by atoms with E-state index in [0.29, 0.717) is 40.1 Å². The SMILES string of the molecule is CN1CCC(O)(C#Cc2cccc(-c3cc(N4CC(C(F)(F)F)C4)c4ncnc(N)c4n3)c2)C1=O. The second-order valence-electron chi connectivity index (χ2n) is 8.79. The Kier molecular flexibility index (Phi) is 5.29. The van der Waals surface area contributed by atoms with Crippen LogP contribution in [0.2, 0.25) is 0 Å². The Bertz CT molecular complexity index is 1390. The number of aromatic nitrogens is 3. The molecule has 4 heterocycles. The lowest BCUT2D eigenvalue weighted by Crippen LogP contribution is -2.53. The number of carbonyl (C=O) groups excluding carboxylic acids is 1. The van der Waals surface area contributed by atoms with Gasteiger partial charge in [-0.05, 0) is 18.2 Å². The van der Waals surface area contributed by atoms with Gasteiger partial charge in [-0.15, -0.1) is 0 Å². The second-order valence-corrected chi connectivity index (χ2v) is 8.79. The molecule has 2 aromatic heterocycles. The summed E-state index contributed by atoms with van der Waals surface area (Å²) in [6.45, 7) is 0.0557. The van der Waals surface area contributed by atoms with Crippen LogP contribution in [-0.4, -0.2) is 69.3 Å². The van der Waals surface area contributed by atoms with Crippen LogP contribution in [0.1, 0.15) is 12.0 Å². The predicted molar refractivity (Wildman–Crippen MR) is 123 cm³/mol. The van der Waals surface area contributed by atoms with Crippen LogP contribution in [0.3, 0.4) is 0 Å². The summed E-state index contributed by atoms with van der Waals surface area (Å²) in [5.41, 5.74) is 7.09. The highest BCUT2D eigenvalue weighted by Crippen LogP contribution is 2.39. The Morgan fingerprint density at radius 2 is 1.97 bits per heavy atom. The Morgan fingerprint density at radius 1 is 1.20 bits per heavy atom. The van der Waals surface area contributed by atoms with Gasteiger partial charge < -0.3 is 20.6 Å². The molecule has 0 spiro atoms. The number of nitrogen functional groups attached to an aromatic ring is 1. The summed E-state index contributed by atoms with van der Waals surface area (Å²) in [6.07, 6.45) is -2.78. The molecule has 1 atom stereocenters. The Labute approximate surface area is 198 Å². The van der Waals surface area contributed by atoms with Gasteiger partial charge in [-0.2, -0.15) is 13.2 Å². The number of anilines is 2. The van der Waals surface area contributed by atoms with Crippen LogP contribution in [0.5, 0.6) is 0 Å². The van der Waals surface area contributed by atoms with Gasteiger partial charge in [0.25, 0.3) is 5.91 Å². The zero-order valence-corrected chi connectivity index (χ0v) is 18.7. The first-order valence-electron chi connectivity index (χ1n) is 10.9. The van der Waals surface area contributed by atoms with Gasteiger partial charge in [-0.3, -0.25) is 4.79 Å². The quantitative estimate of drug-likeness (QED) is 0.539. The molecule has 5 rings (SSSR count). The molecule has 35 heavy (non-hydrogen) atoms. The van der Waals surface area contributed by atoms with E-state index in [2.05, 4.69) is 26.8 Å². The molecular formula is C24H21F3N6O2. The number of benzene rings is 1. The minimum Gasteiger partial charge on any atom is -0.382 e. The summed E-state index contributed by atoms with van der Waals surface area (Å²) in [6, 6.07) is 8.65. The number of alkyl halides is 3. The van der Waals surface area contributed by atoms with Crippen molar-refractivity contribution >= 4 is 28.4 Å². The van der Waals surface area contributed by atoms with E-state index in [4.69, 9.17) is 5.73 Å². The molecule has 1 aromatic carbocycles. The predicted octanol–water partition coefficient (Wildman–Crippen LogP) is 2.22. The molecule has 2 saturated heterocycles. The monoisotopic (exact) mass is 482 g/mol. The van der Waals surface area contributed by atoms with Gasteiger partial charge in [-0.1, -0.05) is 24.0 Å². The van der Waals surface area contributed by atoms with Crippen molar-refractivity contribution in [2.75, 3.05) is 37.3 Å². The first-order valence-corrected chi connectivity index (χ1v) is 10.9. The molecule has 8 nitrogen and oxygen atoms in total. The number of likely N-dealkylation sites (tertiary alicyclic amines) is 1. The zero-order valence-electron chi connectivity index (χ0n) is 18.7. The summed E-state index contributed by atoms with van der Waals surface area (Å²) in [5, 5.41) is 10.5. The van der Waals surface area contributed by atoms with E-state index in [-0.39, 0.29) is 25.3 Å². The summed E-state index contributed by atoms with van der Waals surface area (Å²) in [4.78, 5) is 28.0. The molecule has 3 N–H and O–H groups in total. The van der Waals surface area contributed by atoms with E-state index in [0.717, 1.165) is 0 Å². The van der Waals surface area contributed by atoms with Gasteiger partial charge in [0.05, 0.1) is 17.3 Å². The number of nitrogens with zero attached hydrogens (tertiary/aromatic N) is 5. The van der Waals surface area contributed by atoms with Crippen LogP contribution in [0.25, 0.3) is 22.3 Å². The minimum atomic E-state index is -4.26. The van der Waals surface area contributed by atoms with Crippen LogP contribution < -0.4 is 10.6 Å². The normalized spacial score (nSPS) is 20.7. The molecule has 180 valence electrons. The Morgan fingerprint density at radius 3 is 2.66 bits per heavy atom. The van der Waals surface area contributed by atoms with E-state index in [1.165, 1.54) is 11.2 Å². The number of halogens is 3. The molecule has 0 radical (unpaired) electrons. The van der Waals surface area contributed by atoms with Gasteiger partial charge >= 0.3 is 6.18 Å². The largest absolute Gasteiger partial charge is 0.395 e. The van der Waals surface area contributed by atoms with Crippen molar-refractivity contribution in [3.8, 4) is 23.1 Å². The number of amides is 1. The molecule has 2 aliphatic heterocycles. The lowest BCUT2D eigenvalue weighted by atomic mass is 9.97. The molecule has 2 fully saturated rings. The van der Waals surface area contributed by atoms with E-state index in [9.17, 15) is 23.1 Å². The number of nitrogens with two attached hydrogens (primary N) is 1. The lowest BCUT2D eigenvalue weighted by molar-refractivity contribution is -0.180. The van der Waals surface area contributed by atoms with E-state index >= 15 is 0 Å². The Balaban J connectivity index is 1.52.